The summed E-state index contributed by atoms with van der Waals surface area (Å²) in [6.07, 6.45) is 0. The Bertz CT molecular complexity index is 550. The van der Waals surface area contributed by atoms with Gasteiger partial charge in [0.2, 0.25) is 5.95 Å². The molecule has 0 spiro atoms. The van der Waals surface area contributed by atoms with Gasteiger partial charge in [0.25, 0.3) is 0 Å². The summed E-state index contributed by atoms with van der Waals surface area (Å²) in [6, 6.07) is 3.21. The normalized spacial score (nSPS) is 11.6. The Morgan fingerprint density at radius 2 is 2.18 bits per heavy atom. The van der Waals surface area contributed by atoms with E-state index in [2.05, 4.69) is 4.98 Å². The fourth-order valence-corrected chi connectivity index (χ4v) is 2.12. The van der Waals surface area contributed by atoms with E-state index in [1.54, 1.807) is 6.07 Å². The van der Waals surface area contributed by atoms with Gasteiger partial charge in [0, 0.05) is 19.2 Å². The summed E-state index contributed by atoms with van der Waals surface area (Å²) < 4.78 is 15.9. The number of nitrogens with two attached hydrogens (primary N) is 1. The molecular weight excluding hydrogens is 334 g/mol. The SMILES string of the molecule is CN(C)CCn1c(N)nc2cc(I)c(F)cc21. The average Bonchev–Trinajstić information content (AvgIpc) is 2.52. The number of benzene rings is 1. The van der Waals surface area contributed by atoms with Crippen LogP contribution in [-0.2, 0) is 6.54 Å². The third-order valence-electron chi connectivity index (χ3n) is 2.59. The molecule has 4 nitrogen and oxygen atoms in total. The quantitative estimate of drug-likeness (QED) is 0.863. The number of rotatable bonds is 3. The first kappa shape index (κ1) is 12.6. The molecule has 0 bridgehead atoms. The first-order chi connectivity index (χ1) is 7.99. The van der Waals surface area contributed by atoms with Crippen molar-refractivity contribution >= 4 is 39.6 Å². The highest BCUT2D eigenvalue weighted by atomic mass is 127. The van der Waals surface area contributed by atoms with E-state index in [4.69, 9.17) is 5.73 Å². The van der Waals surface area contributed by atoms with Crippen molar-refractivity contribution in [1.82, 2.24) is 14.5 Å². The average molecular weight is 348 g/mol. The van der Waals surface area contributed by atoms with Gasteiger partial charge in [-0.25, -0.2) is 9.37 Å². The summed E-state index contributed by atoms with van der Waals surface area (Å²) in [7, 11) is 3.97. The standard InChI is InChI=1S/C11H14FIN4/c1-16(2)3-4-17-10-5-7(12)8(13)6-9(10)15-11(17)14/h5-6H,3-4H2,1-2H3,(H2,14,15). The number of fused-ring (bicyclic) bond motifs is 1. The third kappa shape index (κ3) is 2.52. The Hall–Kier alpha value is -0.890. The fraction of sp³-hybridized carbons (Fsp3) is 0.364. The first-order valence-corrected chi connectivity index (χ1v) is 6.32. The molecule has 17 heavy (non-hydrogen) atoms. The van der Waals surface area contributed by atoms with E-state index in [1.807, 2.05) is 46.2 Å². The molecule has 0 radical (unpaired) electrons. The van der Waals surface area contributed by atoms with Gasteiger partial charge < -0.3 is 15.2 Å². The van der Waals surface area contributed by atoms with Gasteiger partial charge in [0.15, 0.2) is 0 Å². The molecule has 0 unspecified atom stereocenters. The molecule has 0 fully saturated rings. The minimum Gasteiger partial charge on any atom is -0.369 e. The van der Waals surface area contributed by atoms with Gasteiger partial charge in [-0.05, 0) is 42.8 Å². The molecule has 0 aliphatic heterocycles. The number of imidazole rings is 1. The molecule has 92 valence electrons. The molecule has 1 heterocycles. The van der Waals surface area contributed by atoms with Crippen LogP contribution in [0.3, 0.4) is 0 Å². The van der Waals surface area contributed by atoms with Crippen molar-refractivity contribution in [3.05, 3.63) is 21.5 Å². The highest BCUT2D eigenvalue weighted by Gasteiger charge is 2.11. The Labute approximate surface area is 113 Å². The monoisotopic (exact) mass is 348 g/mol. The van der Waals surface area contributed by atoms with Crippen LogP contribution in [0.5, 0.6) is 0 Å². The first-order valence-electron chi connectivity index (χ1n) is 5.24. The van der Waals surface area contributed by atoms with Crippen molar-refractivity contribution in [1.29, 1.82) is 0 Å². The van der Waals surface area contributed by atoms with E-state index in [0.29, 0.717) is 16.1 Å². The number of anilines is 1. The highest BCUT2D eigenvalue weighted by molar-refractivity contribution is 14.1. The van der Waals surface area contributed by atoms with E-state index < -0.39 is 0 Å². The molecule has 2 aromatic rings. The largest absolute Gasteiger partial charge is 0.369 e. The second-order valence-corrected chi connectivity index (χ2v) is 5.34. The fourth-order valence-electron chi connectivity index (χ4n) is 1.67. The number of nitrogens with zero attached hydrogens (tertiary/aromatic N) is 3. The van der Waals surface area contributed by atoms with E-state index in [1.165, 1.54) is 6.07 Å². The third-order valence-corrected chi connectivity index (χ3v) is 3.42. The Kier molecular flexibility index (Phi) is 3.53. The lowest BCUT2D eigenvalue weighted by Gasteiger charge is -2.11. The summed E-state index contributed by atoms with van der Waals surface area (Å²) >= 11 is 1.95. The summed E-state index contributed by atoms with van der Waals surface area (Å²) in [6.45, 7) is 1.54. The minimum atomic E-state index is -0.232. The molecule has 2 rings (SSSR count). The van der Waals surface area contributed by atoms with Gasteiger partial charge >= 0.3 is 0 Å². The molecule has 0 atom stereocenters. The van der Waals surface area contributed by atoms with Gasteiger partial charge in [-0.15, -0.1) is 0 Å². The molecular formula is C11H14FIN4. The summed E-state index contributed by atoms with van der Waals surface area (Å²) in [5.74, 6) is 0.201. The van der Waals surface area contributed by atoms with Crippen LogP contribution in [0, 0.1) is 9.39 Å². The maximum absolute atomic E-state index is 13.5. The number of nitrogen functional groups attached to an aromatic ring is 1. The molecule has 2 N–H and O–H groups in total. The second kappa shape index (κ2) is 4.77. The van der Waals surface area contributed by atoms with Gasteiger partial charge in [-0.3, -0.25) is 0 Å². The van der Waals surface area contributed by atoms with Gasteiger partial charge in [0.05, 0.1) is 14.6 Å². The number of aromatic nitrogens is 2. The number of hydrogen-bond acceptors (Lipinski definition) is 3. The van der Waals surface area contributed by atoms with Crippen molar-refractivity contribution in [2.24, 2.45) is 0 Å². The summed E-state index contributed by atoms with van der Waals surface area (Å²) in [4.78, 5) is 6.29. The van der Waals surface area contributed by atoms with Crippen molar-refractivity contribution in [2.45, 2.75) is 6.54 Å². The smallest absolute Gasteiger partial charge is 0.201 e. The van der Waals surface area contributed by atoms with Crippen molar-refractivity contribution in [3.8, 4) is 0 Å². The van der Waals surface area contributed by atoms with Crippen molar-refractivity contribution in [3.63, 3.8) is 0 Å². The van der Waals surface area contributed by atoms with Crippen molar-refractivity contribution < 1.29 is 4.39 Å². The zero-order valence-electron chi connectivity index (χ0n) is 9.74. The number of halogens is 2. The van der Waals surface area contributed by atoms with Gasteiger partial charge in [0.1, 0.15) is 5.82 Å². The predicted octanol–water partition coefficient (Wildman–Crippen LogP) is 1.92. The lowest BCUT2D eigenvalue weighted by Crippen LogP contribution is -2.19. The minimum absolute atomic E-state index is 0.232. The second-order valence-electron chi connectivity index (χ2n) is 4.18. The molecule has 0 aliphatic carbocycles. The van der Waals surface area contributed by atoms with Crippen LogP contribution >= 0.6 is 22.6 Å². The summed E-state index contributed by atoms with van der Waals surface area (Å²) in [5, 5.41) is 0. The van der Waals surface area contributed by atoms with E-state index in [9.17, 15) is 4.39 Å². The van der Waals surface area contributed by atoms with Gasteiger partial charge in [-0.1, -0.05) is 0 Å². The van der Waals surface area contributed by atoms with Crippen LogP contribution in [0.25, 0.3) is 11.0 Å². The number of likely N-dealkylation sites (N-methyl/N-ethyl adjacent to an activating group) is 1. The number of hydrogen-bond donors (Lipinski definition) is 1. The van der Waals surface area contributed by atoms with Crippen LogP contribution in [-0.4, -0.2) is 35.1 Å². The Balaban J connectivity index is 2.47. The van der Waals surface area contributed by atoms with Gasteiger partial charge in [-0.2, -0.15) is 0 Å². The molecule has 1 aromatic carbocycles. The van der Waals surface area contributed by atoms with Crippen LogP contribution in [0.2, 0.25) is 0 Å². The maximum Gasteiger partial charge on any atom is 0.201 e. The lowest BCUT2D eigenvalue weighted by molar-refractivity contribution is 0.387. The van der Waals surface area contributed by atoms with E-state index >= 15 is 0 Å². The molecule has 0 amide bonds. The van der Waals surface area contributed by atoms with E-state index in [0.717, 1.165) is 17.6 Å². The zero-order valence-corrected chi connectivity index (χ0v) is 11.9. The van der Waals surface area contributed by atoms with Crippen LogP contribution < -0.4 is 5.73 Å². The lowest BCUT2D eigenvalue weighted by atomic mass is 10.3. The van der Waals surface area contributed by atoms with E-state index in [-0.39, 0.29) is 5.82 Å². The molecule has 0 saturated carbocycles. The summed E-state index contributed by atoms with van der Waals surface area (Å²) in [5.41, 5.74) is 7.34. The van der Waals surface area contributed by atoms with Crippen LogP contribution in [0.1, 0.15) is 0 Å². The van der Waals surface area contributed by atoms with Crippen LogP contribution in [0.15, 0.2) is 12.1 Å². The predicted molar refractivity (Wildman–Crippen MR) is 75.4 cm³/mol. The molecule has 6 heteroatoms. The molecule has 0 aliphatic rings. The maximum atomic E-state index is 13.5. The highest BCUT2D eigenvalue weighted by Crippen LogP contribution is 2.22. The van der Waals surface area contributed by atoms with Crippen LogP contribution in [0.4, 0.5) is 10.3 Å². The van der Waals surface area contributed by atoms with Crippen molar-refractivity contribution in [2.75, 3.05) is 26.4 Å². The topological polar surface area (TPSA) is 47.1 Å². The Morgan fingerprint density at radius 3 is 2.82 bits per heavy atom. The Morgan fingerprint density at radius 1 is 1.47 bits per heavy atom. The molecule has 0 saturated heterocycles. The zero-order chi connectivity index (χ0) is 12.6. The molecule has 1 aromatic heterocycles.